The van der Waals surface area contributed by atoms with Gasteiger partial charge in [-0.15, -0.1) is 11.3 Å². The number of carbonyl (C=O) groups excluding carboxylic acids is 1. The molecule has 7 heteroatoms. The highest BCUT2D eigenvalue weighted by Gasteiger charge is 2.24. The van der Waals surface area contributed by atoms with Gasteiger partial charge in [-0.05, 0) is 52.6 Å². The van der Waals surface area contributed by atoms with Crippen molar-refractivity contribution in [1.82, 2.24) is 4.73 Å². The smallest absolute Gasteiger partial charge is 0.332 e. The van der Waals surface area contributed by atoms with Crippen LogP contribution in [0.15, 0.2) is 60.0 Å². The SMILES string of the molecule is O=C(c1ccc2c(c1)[n+]([O-])c(-c1ccc(F)cc1)n2O)c1cccs1. The fourth-order valence-electron chi connectivity index (χ4n) is 2.71. The molecule has 0 fully saturated rings. The van der Waals surface area contributed by atoms with Crippen molar-refractivity contribution in [3.63, 3.8) is 0 Å². The first-order valence-electron chi connectivity index (χ1n) is 7.37. The van der Waals surface area contributed by atoms with Crippen molar-refractivity contribution in [1.29, 1.82) is 0 Å². The molecule has 0 aliphatic heterocycles. The monoisotopic (exact) mass is 354 g/mol. The van der Waals surface area contributed by atoms with Gasteiger partial charge in [0.05, 0.1) is 10.4 Å². The molecular formula is C18H11FN2O3S. The highest BCUT2D eigenvalue weighted by Crippen LogP contribution is 2.24. The molecule has 0 unspecified atom stereocenters. The summed E-state index contributed by atoms with van der Waals surface area (Å²) >= 11 is 1.32. The summed E-state index contributed by atoms with van der Waals surface area (Å²) in [5, 5.41) is 24.8. The lowest BCUT2D eigenvalue weighted by molar-refractivity contribution is -0.567. The molecule has 0 amide bonds. The van der Waals surface area contributed by atoms with Crippen molar-refractivity contribution in [3.8, 4) is 11.4 Å². The van der Waals surface area contributed by atoms with Gasteiger partial charge < -0.3 is 10.4 Å². The van der Waals surface area contributed by atoms with Crippen LogP contribution in [0, 0.1) is 11.0 Å². The van der Waals surface area contributed by atoms with E-state index < -0.39 is 5.82 Å². The van der Waals surface area contributed by atoms with Crippen LogP contribution in [0.25, 0.3) is 22.4 Å². The zero-order valence-electron chi connectivity index (χ0n) is 12.7. The molecule has 2 aromatic carbocycles. The summed E-state index contributed by atoms with van der Waals surface area (Å²) in [5.74, 6) is -0.674. The summed E-state index contributed by atoms with van der Waals surface area (Å²) in [4.78, 5) is 13.0. The van der Waals surface area contributed by atoms with E-state index in [9.17, 15) is 19.6 Å². The normalized spacial score (nSPS) is 11.1. The fourth-order valence-corrected chi connectivity index (χ4v) is 3.39. The van der Waals surface area contributed by atoms with Crippen LogP contribution < -0.4 is 4.73 Å². The molecule has 1 N–H and O–H groups in total. The van der Waals surface area contributed by atoms with E-state index in [4.69, 9.17) is 0 Å². The minimum Gasteiger partial charge on any atom is -0.710 e. The van der Waals surface area contributed by atoms with E-state index in [1.807, 2.05) is 0 Å². The van der Waals surface area contributed by atoms with Crippen molar-refractivity contribution in [2.45, 2.75) is 0 Å². The van der Waals surface area contributed by atoms with Gasteiger partial charge in [-0.1, -0.05) is 6.07 Å². The molecule has 5 nitrogen and oxygen atoms in total. The Kier molecular flexibility index (Phi) is 3.51. The van der Waals surface area contributed by atoms with Gasteiger partial charge in [0, 0.05) is 11.6 Å². The van der Waals surface area contributed by atoms with E-state index in [1.54, 1.807) is 23.6 Å². The van der Waals surface area contributed by atoms with Gasteiger partial charge in [-0.25, -0.2) is 9.12 Å². The average Bonchev–Trinajstić information content (AvgIpc) is 3.24. The van der Waals surface area contributed by atoms with Crippen molar-refractivity contribution >= 4 is 28.2 Å². The Balaban J connectivity index is 1.88. The van der Waals surface area contributed by atoms with Crippen molar-refractivity contribution in [3.05, 3.63) is 81.4 Å². The number of nitrogens with zero attached hydrogens (tertiary/aromatic N) is 2. The first kappa shape index (κ1) is 15.3. The molecule has 0 saturated carbocycles. The second-order valence-electron chi connectivity index (χ2n) is 5.45. The van der Waals surface area contributed by atoms with Crippen LogP contribution in [0.4, 0.5) is 4.39 Å². The first-order chi connectivity index (χ1) is 12.1. The lowest BCUT2D eigenvalue weighted by atomic mass is 10.1. The van der Waals surface area contributed by atoms with Crippen molar-refractivity contribution < 1.29 is 19.1 Å². The number of aromatic nitrogens is 2. The third-order valence-electron chi connectivity index (χ3n) is 3.92. The second-order valence-corrected chi connectivity index (χ2v) is 6.39. The van der Waals surface area contributed by atoms with Gasteiger partial charge in [0.1, 0.15) is 5.82 Å². The molecule has 2 heterocycles. The largest absolute Gasteiger partial charge is 0.710 e. The van der Waals surface area contributed by atoms with Crippen molar-refractivity contribution in [2.75, 3.05) is 0 Å². The number of benzene rings is 2. The summed E-state index contributed by atoms with van der Waals surface area (Å²) < 4.78 is 14.4. The van der Waals surface area contributed by atoms with E-state index in [2.05, 4.69) is 0 Å². The van der Waals surface area contributed by atoms with Gasteiger partial charge in [0.25, 0.3) is 0 Å². The molecule has 0 aliphatic carbocycles. The Bertz CT molecular complexity index is 1090. The van der Waals surface area contributed by atoms with Gasteiger partial charge in [-0.2, -0.15) is 0 Å². The van der Waals surface area contributed by atoms with Gasteiger partial charge >= 0.3 is 5.82 Å². The molecule has 0 saturated heterocycles. The number of thiophene rings is 1. The summed E-state index contributed by atoms with van der Waals surface area (Å²) in [7, 11) is 0. The zero-order chi connectivity index (χ0) is 17.6. The predicted molar refractivity (Wildman–Crippen MR) is 91.2 cm³/mol. The number of hydrogen-bond donors (Lipinski definition) is 1. The summed E-state index contributed by atoms with van der Waals surface area (Å²) in [5.41, 5.74) is 1.14. The minimum atomic E-state index is -0.439. The van der Waals surface area contributed by atoms with Gasteiger partial charge in [-0.3, -0.25) is 4.79 Å². The highest BCUT2D eigenvalue weighted by atomic mass is 32.1. The number of imidazole rings is 1. The Hall–Kier alpha value is -3.19. The highest BCUT2D eigenvalue weighted by molar-refractivity contribution is 7.12. The average molecular weight is 354 g/mol. The predicted octanol–water partition coefficient (Wildman–Crippen LogP) is 3.61. The number of hydrogen-bond acceptors (Lipinski definition) is 4. The first-order valence-corrected chi connectivity index (χ1v) is 8.25. The summed E-state index contributed by atoms with van der Waals surface area (Å²) in [6.07, 6.45) is 0. The summed E-state index contributed by atoms with van der Waals surface area (Å²) in [6.45, 7) is 0. The Morgan fingerprint density at radius 3 is 2.60 bits per heavy atom. The van der Waals surface area contributed by atoms with Crippen LogP contribution in [0.3, 0.4) is 0 Å². The lowest BCUT2D eigenvalue weighted by Gasteiger charge is -2.03. The molecule has 4 rings (SSSR count). The molecule has 0 spiro atoms. The molecule has 25 heavy (non-hydrogen) atoms. The maximum absolute atomic E-state index is 13.1. The van der Waals surface area contributed by atoms with Crippen LogP contribution in [0.5, 0.6) is 0 Å². The minimum absolute atomic E-state index is 0.0456. The Morgan fingerprint density at radius 2 is 1.92 bits per heavy atom. The number of fused-ring (bicyclic) bond motifs is 1. The zero-order valence-corrected chi connectivity index (χ0v) is 13.5. The Morgan fingerprint density at radius 1 is 1.16 bits per heavy atom. The van der Waals surface area contributed by atoms with E-state index in [1.165, 1.54) is 47.7 Å². The van der Waals surface area contributed by atoms with Crippen LogP contribution in [0.1, 0.15) is 15.2 Å². The maximum Gasteiger partial charge on any atom is 0.332 e. The van der Waals surface area contributed by atoms with Gasteiger partial charge in [0.2, 0.25) is 11.3 Å². The summed E-state index contributed by atoms with van der Waals surface area (Å²) in [6, 6.07) is 13.2. The molecule has 124 valence electrons. The van der Waals surface area contributed by atoms with E-state index in [0.717, 1.165) is 4.73 Å². The van der Waals surface area contributed by atoms with Crippen LogP contribution in [-0.4, -0.2) is 15.7 Å². The van der Waals surface area contributed by atoms with E-state index in [0.29, 0.717) is 20.7 Å². The number of halogens is 1. The number of carbonyl (C=O) groups is 1. The van der Waals surface area contributed by atoms with Crippen molar-refractivity contribution in [2.24, 2.45) is 0 Å². The van der Waals surface area contributed by atoms with Crippen LogP contribution in [0.2, 0.25) is 0 Å². The molecule has 0 aliphatic rings. The third kappa shape index (κ3) is 2.45. The lowest BCUT2D eigenvalue weighted by Crippen LogP contribution is -2.28. The molecule has 4 aromatic rings. The van der Waals surface area contributed by atoms with E-state index in [-0.39, 0.29) is 22.6 Å². The van der Waals surface area contributed by atoms with Crippen LogP contribution >= 0.6 is 11.3 Å². The quantitative estimate of drug-likeness (QED) is 0.264. The molecular weight excluding hydrogens is 343 g/mol. The maximum atomic E-state index is 13.1. The Labute approximate surface area is 145 Å². The van der Waals surface area contributed by atoms with Crippen LogP contribution in [-0.2, 0) is 0 Å². The standard InChI is InChI=1S/C18H11FN2O3S/c19-13-6-3-11(4-7-13)18-20(23)14-8-5-12(10-15(14)21(18)24)17(22)16-2-1-9-25-16/h1-10,23H. The molecule has 2 aromatic heterocycles. The van der Waals surface area contributed by atoms with E-state index >= 15 is 0 Å². The number of ketones is 1. The fraction of sp³-hybridized carbons (Fsp3) is 0. The molecule has 0 bridgehead atoms. The van der Waals surface area contributed by atoms with Gasteiger partial charge in [0.15, 0.2) is 5.52 Å². The molecule has 0 radical (unpaired) electrons. The molecule has 0 atom stereocenters. The second kappa shape index (κ2) is 5.71. The topological polar surface area (TPSA) is 69.2 Å². The third-order valence-corrected chi connectivity index (χ3v) is 4.79. The number of rotatable bonds is 3.